The van der Waals surface area contributed by atoms with E-state index in [9.17, 15) is 4.79 Å². The summed E-state index contributed by atoms with van der Waals surface area (Å²) in [4.78, 5) is 13.8. The van der Waals surface area contributed by atoms with Crippen molar-refractivity contribution in [2.75, 3.05) is 0 Å². The van der Waals surface area contributed by atoms with Crippen molar-refractivity contribution in [3.05, 3.63) is 34.2 Å². The van der Waals surface area contributed by atoms with E-state index in [1.165, 1.54) is 6.07 Å². The number of hydrogen-bond donors (Lipinski definition) is 0. The molecule has 1 heterocycles. The standard InChI is InChI=1S/C6H7NO.Rb/c1-5-2-3-6(8)7-4-5;/h2-4H,1H3,(H,7,8);/q;+1/p-1. The Kier molecular flexibility index (Phi) is 4.93. The topological polar surface area (TPSA) is 31.2 Å². The largest absolute Gasteiger partial charge is 1.00 e. The Bertz CT molecular complexity index is 210. The first-order valence-corrected chi connectivity index (χ1v) is 2.39. The van der Waals surface area contributed by atoms with E-state index < -0.39 is 0 Å². The third-order valence-corrected chi connectivity index (χ3v) is 0.884. The normalized spacial score (nSPS) is 8.11. The third kappa shape index (κ3) is 3.45. The van der Waals surface area contributed by atoms with E-state index in [-0.39, 0.29) is 63.7 Å². The molecule has 1 aromatic heterocycles. The summed E-state index contributed by atoms with van der Waals surface area (Å²) in [6.45, 7) is 1.90. The predicted molar refractivity (Wildman–Crippen MR) is 30.8 cm³/mol. The van der Waals surface area contributed by atoms with Crippen LogP contribution in [0.25, 0.3) is 0 Å². The van der Waals surface area contributed by atoms with Crippen LogP contribution < -0.4 is 68.7 Å². The average molecular weight is 194 g/mol. The van der Waals surface area contributed by atoms with Crippen molar-refractivity contribution in [2.45, 2.75) is 6.92 Å². The summed E-state index contributed by atoms with van der Waals surface area (Å²) in [5, 5.41) is 0. The average Bonchev–Trinajstić information content (AvgIpc) is 1.77. The van der Waals surface area contributed by atoms with Crippen molar-refractivity contribution in [3.8, 4) is 0 Å². The van der Waals surface area contributed by atoms with Crippen LogP contribution in [0, 0.1) is 6.92 Å². The second-order valence-electron chi connectivity index (χ2n) is 1.67. The number of hydrogen-bond acceptors (Lipinski definition) is 1. The summed E-state index contributed by atoms with van der Waals surface area (Å²) in [5.41, 5.74) is 0.847. The smallest absolute Gasteiger partial charge is 0.629 e. The summed E-state index contributed by atoms with van der Waals surface area (Å²) in [6, 6.07) is 3.20. The maximum Gasteiger partial charge on any atom is 1.00 e. The Labute approximate surface area is 102 Å². The maximum absolute atomic E-state index is 10.3. The maximum atomic E-state index is 10.3. The fourth-order valence-electron chi connectivity index (χ4n) is 0.454. The van der Waals surface area contributed by atoms with E-state index in [1.807, 2.05) is 6.92 Å². The Morgan fingerprint density at radius 1 is 1.44 bits per heavy atom. The van der Waals surface area contributed by atoms with E-state index >= 15 is 0 Å². The van der Waals surface area contributed by atoms with Gasteiger partial charge in [-0.1, -0.05) is 11.6 Å². The molecular weight excluding hydrogens is 188 g/mol. The molecule has 0 unspecified atom stereocenters. The quantitative estimate of drug-likeness (QED) is 0.450. The van der Waals surface area contributed by atoms with Gasteiger partial charge in [-0.2, -0.15) is 6.20 Å². The van der Waals surface area contributed by atoms with E-state index in [1.54, 1.807) is 12.3 Å². The Morgan fingerprint density at radius 2 is 2.11 bits per heavy atom. The van der Waals surface area contributed by atoms with Gasteiger partial charge in [0, 0.05) is 0 Å². The van der Waals surface area contributed by atoms with Crippen LogP contribution in [-0.2, 0) is 0 Å². The van der Waals surface area contributed by atoms with Gasteiger partial charge in [-0.05, 0) is 13.0 Å². The molecule has 3 heteroatoms. The van der Waals surface area contributed by atoms with Gasteiger partial charge in [-0.15, -0.1) is 0 Å². The summed E-state index contributed by atoms with van der Waals surface area (Å²) in [5.74, 6) is 0. The molecule has 0 saturated carbocycles. The van der Waals surface area contributed by atoms with Gasteiger partial charge in [0.15, 0.2) is 0 Å². The van der Waals surface area contributed by atoms with E-state index in [0.29, 0.717) is 0 Å². The Balaban J connectivity index is 0.000000640. The van der Waals surface area contributed by atoms with Gasteiger partial charge >= 0.3 is 58.2 Å². The van der Waals surface area contributed by atoms with E-state index in [2.05, 4.69) is 4.98 Å². The predicted octanol–water partition coefficient (Wildman–Crippen LogP) is -2.68. The molecule has 9 heavy (non-hydrogen) atoms. The molecular formula is C6H6NORb. The molecule has 2 nitrogen and oxygen atoms in total. The van der Waals surface area contributed by atoms with Gasteiger partial charge in [-0.25, -0.2) is 0 Å². The molecule has 0 fully saturated rings. The first-order valence-electron chi connectivity index (χ1n) is 2.39. The number of pyridine rings is 1. The molecule has 42 valence electrons. The first-order chi connectivity index (χ1) is 3.79. The zero-order valence-electron chi connectivity index (χ0n) is 5.59. The minimum atomic E-state index is -0.171. The fraction of sp³-hybridized carbons (Fsp3) is 0.167. The van der Waals surface area contributed by atoms with Gasteiger partial charge in [0.2, 0.25) is 0 Å². The van der Waals surface area contributed by atoms with Crippen LogP contribution in [0.5, 0.6) is 0 Å². The Morgan fingerprint density at radius 3 is 2.44 bits per heavy atom. The minimum Gasteiger partial charge on any atom is -0.629 e. The van der Waals surface area contributed by atoms with Gasteiger partial charge in [0.05, 0.1) is 5.56 Å². The van der Waals surface area contributed by atoms with Crippen LogP contribution in [0.4, 0.5) is 0 Å². The van der Waals surface area contributed by atoms with Crippen molar-refractivity contribution in [3.63, 3.8) is 0 Å². The van der Waals surface area contributed by atoms with Crippen molar-refractivity contribution in [1.82, 2.24) is 4.98 Å². The SMILES string of the molecule is Cc1ccc(=O)[n-]c1.[Rb+]. The molecule has 1 rings (SSSR count). The van der Waals surface area contributed by atoms with E-state index in [0.717, 1.165) is 5.56 Å². The van der Waals surface area contributed by atoms with Gasteiger partial charge in [0.1, 0.15) is 0 Å². The molecule has 0 aromatic carbocycles. The molecule has 0 saturated heterocycles. The monoisotopic (exact) mass is 193 g/mol. The molecule has 0 bridgehead atoms. The summed E-state index contributed by atoms with van der Waals surface area (Å²) in [6.07, 6.45) is 1.56. The van der Waals surface area contributed by atoms with Crippen molar-refractivity contribution >= 4 is 0 Å². The minimum absolute atomic E-state index is 0. The molecule has 0 N–H and O–H groups in total. The molecule has 0 aliphatic rings. The van der Waals surface area contributed by atoms with Crippen LogP contribution in [0.2, 0.25) is 0 Å². The molecule has 0 spiro atoms. The second kappa shape index (κ2) is 4.55. The van der Waals surface area contributed by atoms with Crippen LogP contribution in [0.3, 0.4) is 0 Å². The van der Waals surface area contributed by atoms with Crippen molar-refractivity contribution in [1.29, 1.82) is 0 Å². The van der Waals surface area contributed by atoms with Crippen LogP contribution in [0.1, 0.15) is 5.56 Å². The molecule has 0 aliphatic carbocycles. The second-order valence-corrected chi connectivity index (χ2v) is 1.67. The molecule has 0 amide bonds. The zero-order chi connectivity index (χ0) is 5.98. The van der Waals surface area contributed by atoms with E-state index in [4.69, 9.17) is 0 Å². The third-order valence-electron chi connectivity index (χ3n) is 0.884. The molecule has 1 aromatic rings. The summed E-state index contributed by atoms with van der Waals surface area (Å²) >= 11 is 0. The number of nitrogens with zero attached hydrogens (tertiary/aromatic N) is 1. The number of aromatic nitrogens is 1. The van der Waals surface area contributed by atoms with Crippen LogP contribution in [0.15, 0.2) is 23.1 Å². The molecule has 0 atom stereocenters. The summed E-state index contributed by atoms with van der Waals surface area (Å²) < 4.78 is 0. The molecule has 0 aliphatic heterocycles. The fourth-order valence-corrected chi connectivity index (χ4v) is 0.454. The Hall–Kier alpha value is 0.755. The van der Waals surface area contributed by atoms with Crippen molar-refractivity contribution < 1.29 is 58.2 Å². The first kappa shape index (κ1) is 9.76. The number of rotatable bonds is 0. The van der Waals surface area contributed by atoms with Gasteiger partial charge < -0.3 is 9.78 Å². The van der Waals surface area contributed by atoms with Crippen molar-refractivity contribution in [2.24, 2.45) is 0 Å². The number of aryl methyl sites for hydroxylation is 1. The van der Waals surface area contributed by atoms with Crippen LogP contribution >= 0.6 is 0 Å². The van der Waals surface area contributed by atoms with Gasteiger partial charge in [0.25, 0.3) is 0 Å². The van der Waals surface area contributed by atoms with Gasteiger partial charge in [-0.3, -0.25) is 0 Å². The molecule has 0 radical (unpaired) electrons. The summed E-state index contributed by atoms with van der Waals surface area (Å²) in [7, 11) is 0. The zero-order valence-corrected chi connectivity index (χ0v) is 10.5. The van der Waals surface area contributed by atoms with Crippen LogP contribution in [-0.4, -0.2) is 0 Å².